The van der Waals surface area contributed by atoms with E-state index in [9.17, 15) is 9.90 Å². The van der Waals surface area contributed by atoms with Crippen molar-refractivity contribution in [1.29, 1.82) is 0 Å². The minimum atomic E-state index is -0.817. The van der Waals surface area contributed by atoms with Crippen molar-refractivity contribution in [2.75, 3.05) is 31.1 Å². The zero-order chi connectivity index (χ0) is 35.3. The monoisotopic (exact) mass is 692 g/mol. The average Bonchev–Trinajstić information content (AvgIpc) is 3.09. The number of carboxylic acids is 1. The van der Waals surface area contributed by atoms with E-state index in [0.29, 0.717) is 6.54 Å². The molecule has 7 heteroatoms. The van der Waals surface area contributed by atoms with Gasteiger partial charge in [0.15, 0.2) is 0 Å². The Morgan fingerprint density at radius 1 is 0.940 bits per heavy atom. The van der Waals surface area contributed by atoms with E-state index in [4.69, 9.17) is 16.6 Å². The van der Waals surface area contributed by atoms with Gasteiger partial charge in [0.1, 0.15) is 0 Å². The minimum Gasteiger partial charge on any atom is -0.481 e. The number of nitrogens with zero attached hydrogens (tertiary/aromatic N) is 3. The number of anilines is 1. The molecule has 3 aromatic carbocycles. The highest BCUT2D eigenvalue weighted by Crippen LogP contribution is 2.42. The summed E-state index contributed by atoms with van der Waals surface area (Å²) in [6.45, 7) is 14.8. The molecule has 3 heterocycles. The van der Waals surface area contributed by atoms with E-state index in [1.807, 2.05) is 19.1 Å². The molecule has 6 nitrogen and oxygen atoms in total. The first-order chi connectivity index (χ1) is 24.1. The molecule has 6 rings (SSSR count). The van der Waals surface area contributed by atoms with Crippen molar-refractivity contribution in [2.45, 2.75) is 92.3 Å². The van der Waals surface area contributed by atoms with E-state index in [1.54, 1.807) is 0 Å². The first-order valence-corrected chi connectivity index (χ1v) is 18.8. The molecule has 0 spiro atoms. The van der Waals surface area contributed by atoms with Gasteiger partial charge in [-0.25, -0.2) is 0 Å². The summed E-state index contributed by atoms with van der Waals surface area (Å²) in [6.07, 6.45) is 6.35. The van der Waals surface area contributed by atoms with Crippen molar-refractivity contribution in [3.8, 4) is 11.1 Å². The average molecular weight is 693 g/mol. The minimum absolute atomic E-state index is 0.0321. The number of benzene rings is 3. The molecule has 2 aliphatic rings. The van der Waals surface area contributed by atoms with Gasteiger partial charge in [0, 0.05) is 61.1 Å². The number of hydrogen-bond acceptors (Lipinski definition) is 5. The summed E-state index contributed by atoms with van der Waals surface area (Å²) < 4.78 is 0. The van der Waals surface area contributed by atoms with Crippen molar-refractivity contribution in [3.05, 3.63) is 117 Å². The molecule has 2 N–H and O–H groups in total. The largest absolute Gasteiger partial charge is 0.481 e. The van der Waals surface area contributed by atoms with Gasteiger partial charge < -0.3 is 15.3 Å². The Morgan fingerprint density at radius 3 is 2.46 bits per heavy atom. The third-order valence-corrected chi connectivity index (χ3v) is 11.2. The second kappa shape index (κ2) is 16.1. The molecule has 1 fully saturated rings. The van der Waals surface area contributed by atoms with Gasteiger partial charge in [0.2, 0.25) is 0 Å². The van der Waals surface area contributed by atoms with Crippen molar-refractivity contribution in [1.82, 2.24) is 15.2 Å². The van der Waals surface area contributed by atoms with Crippen molar-refractivity contribution in [3.63, 3.8) is 0 Å². The van der Waals surface area contributed by atoms with Gasteiger partial charge in [-0.05, 0) is 104 Å². The number of fused-ring (bicyclic) bond motifs is 1. The van der Waals surface area contributed by atoms with Crippen molar-refractivity contribution in [2.24, 2.45) is 5.41 Å². The van der Waals surface area contributed by atoms with Crippen LogP contribution in [0.15, 0.2) is 66.7 Å². The van der Waals surface area contributed by atoms with Crippen LogP contribution < -0.4 is 10.2 Å². The smallest absolute Gasteiger partial charge is 0.307 e. The Hall–Kier alpha value is -3.71. The van der Waals surface area contributed by atoms with E-state index in [-0.39, 0.29) is 11.8 Å². The molecule has 264 valence electrons. The molecule has 0 amide bonds. The summed E-state index contributed by atoms with van der Waals surface area (Å²) >= 11 is 6.61. The Morgan fingerprint density at radius 2 is 1.72 bits per heavy atom. The number of piperidine rings is 1. The number of carbonyl (C=O) groups is 1. The topological polar surface area (TPSA) is 68.7 Å². The summed E-state index contributed by atoms with van der Waals surface area (Å²) in [4.78, 5) is 22.4. The third-order valence-electron chi connectivity index (χ3n) is 10.8. The quantitative estimate of drug-likeness (QED) is 0.136. The van der Waals surface area contributed by atoms with E-state index in [0.717, 1.165) is 117 Å². The summed E-state index contributed by atoms with van der Waals surface area (Å²) in [5.41, 5.74) is 12.8. The first-order valence-electron chi connectivity index (χ1n) is 18.4. The molecule has 0 unspecified atom stereocenters. The van der Waals surface area contributed by atoms with Crippen LogP contribution in [0.25, 0.3) is 11.1 Å². The van der Waals surface area contributed by atoms with Gasteiger partial charge in [0.25, 0.3) is 0 Å². The normalized spacial score (nSPS) is 16.0. The van der Waals surface area contributed by atoms with Crippen molar-refractivity contribution >= 4 is 23.3 Å². The summed E-state index contributed by atoms with van der Waals surface area (Å²) in [5, 5.41) is 14.6. The summed E-state index contributed by atoms with van der Waals surface area (Å²) in [6, 6.07) is 23.7. The third kappa shape index (κ3) is 8.77. The van der Waals surface area contributed by atoms with E-state index >= 15 is 0 Å². The number of nitrogens with one attached hydrogen (secondary N) is 1. The second-order valence-corrected chi connectivity index (χ2v) is 15.6. The maximum atomic E-state index is 12.3. The number of aliphatic carboxylic acids is 1. The molecule has 50 heavy (non-hydrogen) atoms. The molecule has 0 atom stereocenters. The molecule has 0 radical (unpaired) electrons. The molecule has 4 aromatic rings. The lowest BCUT2D eigenvalue weighted by Crippen LogP contribution is -2.38. The van der Waals surface area contributed by atoms with Crippen LogP contribution in [-0.4, -0.2) is 47.1 Å². The van der Waals surface area contributed by atoms with Gasteiger partial charge in [-0.1, -0.05) is 86.1 Å². The van der Waals surface area contributed by atoms with Crippen LogP contribution >= 0.6 is 11.6 Å². The molecule has 0 aliphatic carbocycles. The lowest BCUT2D eigenvalue weighted by atomic mass is 9.81. The zero-order valence-electron chi connectivity index (χ0n) is 30.3. The fourth-order valence-electron chi connectivity index (χ4n) is 7.69. The van der Waals surface area contributed by atoms with Gasteiger partial charge in [-0.15, -0.1) is 0 Å². The van der Waals surface area contributed by atoms with Gasteiger partial charge in [0.05, 0.1) is 17.8 Å². The molecular formula is C43H53ClN4O2. The number of rotatable bonds is 13. The standard InChI is InChI=1S/C43H53ClN4O2/c1-30-11-10-15-38(44)37(30)29-47-22-18-33-25-34(16-17-35(33)28-47)41-39(27-45-21-9-8-14-32-12-6-5-7-13-32)46-31(2)36(26-40(49)50)42(41)48-23-19-43(3,4)20-24-48/h5-7,10-13,15-17,25,45H,8-9,14,18-24,26-29H2,1-4H3,(H,49,50). The Bertz CT molecular complexity index is 1770. The Balaban J connectivity index is 1.30. The predicted octanol–water partition coefficient (Wildman–Crippen LogP) is 8.94. The van der Waals surface area contributed by atoms with Crippen LogP contribution in [0.4, 0.5) is 5.69 Å². The molecule has 0 bridgehead atoms. The highest BCUT2D eigenvalue weighted by molar-refractivity contribution is 6.31. The van der Waals surface area contributed by atoms with Gasteiger partial charge in [-0.3, -0.25) is 14.7 Å². The SMILES string of the molecule is Cc1cccc(Cl)c1CN1CCc2cc(-c3c(CNCCCCc4ccccc4)nc(C)c(CC(=O)O)c3N3CCC(C)(C)CC3)ccc2C1. The van der Waals surface area contributed by atoms with Crippen LogP contribution in [-0.2, 0) is 43.7 Å². The summed E-state index contributed by atoms with van der Waals surface area (Å²) in [5.74, 6) is -0.817. The molecule has 1 aromatic heterocycles. The lowest BCUT2D eigenvalue weighted by Gasteiger charge is -2.40. The van der Waals surface area contributed by atoms with Gasteiger partial charge >= 0.3 is 5.97 Å². The fraction of sp³-hybridized carbons (Fsp3) is 0.442. The number of carboxylic acid groups (broad SMARTS) is 1. The maximum absolute atomic E-state index is 12.3. The number of unbranched alkanes of at least 4 members (excludes halogenated alkanes) is 1. The first kappa shape index (κ1) is 36.1. The van der Waals surface area contributed by atoms with E-state index < -0.39 is 5.97 Å². The Labute approximate surface area is 303 Å². The number of hydrogen-bond donors (Lipinski definition) is 2. The number of pyridine rings is 1. The fourth-order valence-corrected chi connectivity index (χ4v) is 7.97. The number of aromatic nitrogens is 1. The van der Waals surface area contributed by atoms with Crippen LogP contribution in [0.5, 0.6) is 0 Å². The zero-order valence-corrected chi connectivity index (χ0v) is 31.1. The Kier molecular flexibility index (Phi) is 11.6. The number of halogens is 1. The highest BCUT2D eigenvalue weighted by Gasteiger charge is 2.31. The van der Waals surface area contributed by atoms with E-state index in [1.165, 1.54) is 27.8 Å². The van der Waals surface area contributed by atoms with E-state index in [2.05, 4.69) is 90.5 Å². The molecule has 2 aliphatic heterocycles. The lowest BCUT2D eigenvalue weighted by molar-refractivity contribution is -0.136. The molecular weight excluding hydrogens is 640 g/mol. The molecule has 1 saturated heterocycles. The predicted molar refractivity (Wildman–Crippen MR) is 206 cm³/mol. The maximum Gasteiger partial charge on any atom is 0.307 e. The molecule has 0 saturated carbocycles. The van der Waals surface area contributed by atoms with Crippen LogP contribution in [0, 0.1) is 19.3 Å². The van der Waals surface area contributed by atoms with Crippen LogP contribution in [0.2, 0.25) is 5.02 Å². The van der Waals surface area contributed by atoms with Gasteiger partial charge in [-0.2, -0.15) is 0 Å². The number of aryl methyl sites for hydroxylation is 3. The second-order valence-electron chi connectivity index (χ2n) is 15.2. The van der Waals surface area contributed by atoms with Crippen LogP contribution in [0.1, 0.15) is 84.3 Å². The summed E-state index contributed by atoms with van der Waals surface area (Å²) in [7, 11) is 0. The van der Waals surface area contributed by atoms with Crippen molar-refractivity contribution < 1.29 is 9.90 Å². The highest BCUT2D eigenvalue weighted by atomic mass is 35.5. The van der Waals surface area contributed by atoms with Crippen LogP contribution in [0.3, 0.4) is 0 Å².